The van der Waals surface area contributed by atoms with E-state index in [1.54, 1.807) is 6.20 Å². The predicted octanol–water partition coefficient (Wildman–Crippen LogP) is 4.44. The fourth-order valence-corrected chi connectivity index (χ4v) is 3.77. The van der Waals surface area contributed by atoms with Crippen LogP contribution in [0, 0.1) is 0 Å². The quantitative estimate of drug-likeness (QED) is 0.641. The van der Waals surface area contributed by atoms with E-state index in [-0.39, 0.29) is 18.0 Å². The molecule has 1 aliphatic rings. The molecule has 4 rings (SSSR count). The zero-order valence-corrected chi connectivity index (χ0v) is 14.7. The second-order valence-corrected chi connectivity index (χ2v) is 6.89. The molecule has 2 atom stereocenters. The minimum Gasteiger partial charge on any atom is -0.462 e. The van der Waals surface area contributed by atoms with Gasteiger partial charge in [-0.15, -0.1) is 0 Å². The third-order valence-electron chi connectivity index (χ3n) is 5.11. The van der Waals surface area contributed by atoms with E-state index in [2.05, 4.69) is 22.1 Å². The minimum atomic E-state index is -0.126. The first kappa shape index (κ1) is 16.7. The van der Waals surface area contributed by atoms with Gasteiger partial charge in [-0.3, -0.25) is 14.8 Å². The number of nitrogens with zero attached hydrogens (tertiary/aromatic N) is 2. The van der Waals surface area contributed by atoms with Gasteiger partial charge in [0.2, 0.25) is 0 Å². The van der Waals surface area contributed by atoms with Gasteiger partial charge in [0.1, 0.15) is 6.10 Å². The number of para-hydroxylation sites is 1. The molecule has 0 bridgehead atoms. The Morgan fingerprint density at radius 1 is 1.12 bits per heavy atom. The normalized spacial score (nSPS) is 19.5. The second-order valence-electron chi connectivity index (χ2n) is 6.89. The minimum absolute atomic E-state index is 0.0265. The molecule has 0 aliphatic heterocycles. The van der Waals surface area contributed by atoms with Crippen LogP contribution in [0.3, 0.4) is 0 Å². The van der Waals surface area contributed by atoms with Gasteiger partial charge in [0.15, 0.2) is 0 Å². The molecule has 4 nitrogen and oxygen atoms in total. The number of aromatic nitrogens is 2. The Morgan fingerprint density at radius 2 is 2.04 bits per heavy atom. The first-order valence-corrected chi connectivity index (χ1v) is 9.23. The highest BCUT2D eigenvalue weighted by Gasteiger charge is 2.31. The highest BCUT2D eigenvalue weighted by molar-refractivity contribution is 5.79. The molecule has 0 N–H and O–H groups in total. The third kappa shape index (κ3) is 3.74. The largest absolute Gasteiger partial charge is 0.462 e. The molecule has 1 fully saturated rings. The van der Waals surface area contributed by atoms with Crippen LogP contribution >= 0.6 is 0 Å². The van der Waals surface area contributed by atoms with Crippen LogP contribution in [0.4, 0.5) is 0 Å². The first-order valence-electron chi connectivity index (χ1n) is 9.23. The predicted molar refractivity (Wildman–Crippen MR) is 101 cm³/mol. The summed E-state index contributed by atoms with van der Waals surface area (Å²) in [4.78, 5) is 21.0. The summed E-state index contributed by atoms with van der Waals surface area (Å²) in [5.74, 6) is 0.147. The Kier molecular flexibility index (Phi) is 4.91. The van der Waals surface area contributed by atoms with E-state index in [1.165, 1.54) is 5.56 Å². The Hall–Kier alpha value is -2.75. The molecular formula is C22H22N2O2. The molecule has 3 aromatic rings. The van der Waals surface area contributed by atoms with Crippen molar-refractivity contribution in [3.8, 4) is 0 Å². The maximum atomic E-state index is 12.4. The maximum absolute atomic E-state index is 12.4. The van der Waals surface area contributed by atoms with E-state index in [0.29, 0.717) is 12.8 Å². The zero-order chi connectivity index (χ0) is 17.8. The topological polar surface area (TPSA) is 52.1 Å². The number of hydrogen-bond acceptors (Lipinski definition) is 4. The van der Waals surface area contributed by atoms with E-state index < -0.39 is 0 Å². The van der Waals surface area contributed by atoms with E-state index in [0.717, 1.165) is 35.7 Å². The Labute approximate surface area is 153 Å². The van der Waals surface area contributed by atoms with Crippen molar-refractivity contribution in [3.63, 3.8) is 0 Å². The molecule has 4 heteroatoms. The Morgan fingerprint density at radius 3 is 2.92 bits per heavy atom. The van der Waals surface area contributed by atoms with Crippen LogP contribution in [0.2, 0.25) is 0 Å². The van der Waals surface area contributed by atoms with Crippen molar-refractivity contribution < 1.29 is 9.53 Å². The van der Waals surface area contributed by atoms with Gasteiger partial charge in [-0.25, -0.2) is 0 Å². The smallest absolute Gasteiger partial charge is 0.306 e. The van der Waals surface area contributed by atoms with Gasteiger partial charge in [-0.05, 0) is 55.0 Å². The van der Waals surface area contributed by atoms with Crippen molar-refractivity contribution in [2.24, 2.45) is 0 Å². The van der Waals surface area contributed by atoms with E-state index in [4.69, 9.17) is 4.74 Å². The van der Waals surface area contributed by atoms with Crippen molar-refractivity contribution in [1.29, 1.82) is 0 Å². The number of ether oxygens (including phenoxy) is 1. The van der Waals surface area contributed by atoms with Crippen LogP contribution in [-0.4, -0.2) is 22.0 Å². The summed E-state index contributed by atoms with van der Waals surface area (Å²) < 4.78 is 5.80. The number of rotatable bonds is 5. The molecule has 2 unspecified atom stereocenters. The lowest BCUT2D eigenvalue weighted by Gasteiger charge is -2.20. The molecule has 26 heavy (non-hydrogen) atoms. The van der Waals surface area contributed by atoms with Gasteiger partial charge in [-0.2, -0.15) is 0 Å². The molecule has 1 aliphatic carbocycles. The lowest BCUT2D eigenvalue weighted by Crippen LogP contribution is -2.21. The van der Waals surface area contributed by atoms with Crippen molar-refractivity contribution in [3.05, 3.63) is 72.2 Å². The van der Waals surface area contributed by atoms with Crippen molar-refractivity contribution in [2.75, 3.05) is 0 Å². The van der Waals surface area contributed by atoms with Gasteiger partial charge >= 0.3 is 5.97 Å². The van der Waals surface area contributed by atoms with E-state index in [1.807, 2.05) is 42.7 Å². The van der Waals surface area contributed by atoms with Crippen LogP contribution in [0.5, 0.6) is 0 Å². The van der Waals surface area contributed by atoms with Crippen LogP contribution in [-0.2, 0) is 16.0 Å². The fourth-order valence-electron chi connectivity index (χ4n) is 3.77. The Balaban J connectivity index is 1.36. The average Bonchev–Trinajstić information content (AvgIpc) is 3.15. The van der Waals surface area contributed by atoms with Gasteiger partial charge in [0, 0.05) is 36.3 Å². The molecule has 0 amide bonds. The second kappa shape index (κ2) is 7.65. The number of esters is 1. The molecule has 0 saturated heterocycles. The number of benzene rings is 1. The van der Waals surface area contributed by atoms with Crippen molar-refractivity contribution in [2.45, 2.75) is 44.1 Å². The number of pyridine rings is 2. The summed E-state index contributed by atoms with van der Waals surface area (Å²) >= 11 is 0. The van der Waals surface area contributed by atoms with Crippen molar-refractivity contribution in [1.82, 2.24) is 9.97 Å². The van der Waals surface area contributed by atoms with Crippen LogP contribution < -0.4 is 0 Å². The van der Waals surface area contributed by atoms with E-state index in [9.17, 15) is 4.79 Å². The number of carbonyl (C=O) groups excluding carboxylic acids is 1. The van der Waals surface area contributed by atoms with Gasteiger partial charge < -0.3 is 4.74 Å². The first-order chi connectivity index (χ1) is 12.8. The summed E-state index contributed by atoms with van der Waals surface area (Å²) in [5.41, 5.74) is 3.21. The lowest BCUT2D eigenvalue weighted by molar-refractivity contribution is -0.149. The molecule has 2 aromatic heterocycles. The van der Waals surface area contributed by atoms with Crippen LogP contribution in [0.1, 0.15) is 42.7 Å². The Bertz CT molecular complexity index is 895. The van der Waals surface area contributed by atoms with Crippen LogP contribution in [0.25, 0.3) is 10.9 Å². The summed E-state index contributed by atoms with van der Waals surface area (Å²) in [7, 11) is 0. The summed E-state index contributed by atoms with van der Waals surface area (Å²) in [6.45, 7) is 0. The molecule has 0 radical (unpaired) electrons. The number of carbonyl (C=O) groups is 1. The molecular weight excluding hydrogens is 324 g/mol. The fraction of sp³-hybridized carbons (Fsp3) is 0.318. The van der Waals surface area contributed by atoms with Crippen LogP contribution in [0.15, 0.2) is 61.1 Å². The summed E-state index contributed by atoms with van der Waals surface area (Å²) in [6.07, 6.45) is 9.60. The average molecular weight is 346 g/mol. The maximum Gasteiger partial charge on any atom is 0.306 e. The monoisotopic (exact) mass is 346 g/mol. The number of aryl methyl sites for hydroxylation is 1. The van der Waals surface area contributed by atoms with Gasteiger partial charge in [-0.1, -0.05) is 24.3 Å². The number of fused-ring (bicyclic) bond motifs is 1. The number of hydrogen-bond donors (Lipinski definition) is 0. The highest BCUT2D eigenvalue weighted by atomic mass is 16.5. The van der Waals surface area contributed by atoms with Gasteiger partial charge in [0.25, 0.3) is 0 Å². The van der Waals surface area contributed by atoms with E-state index >= 15 is 0 Å². The van der Waals surface area contributed by atoms with Gasteiger partial charge in [0.05, 0.1) is 5.52 Å². The summed E-state index contributed by atoms with van der Waals surface area (Å²) in [5, 5.41) is 1.10. The molecule has 132 valence electrons. The molecule has 0 spiro atoms. The molecule has 2 heterocycles. The highest BCUT2D eigenvalue weighted by Crippen LogP contribution is 2.36. The standard InChI is InChI=1S/C22H22N2O2/c25-22(11-10-16-13-17-5-1-2-8-20(17)24-14-16)26-21-9-3-7-19(21)18-6-4-12-23-15-18/h1-2,4-6,8,12-15,19,21H,3,7,9-11H2. The molecule has 1 saturated carbocycles. The molecule has 1 aromatic carbocycles. The SMILES string of the molecule is O=C(CCc1cnc2ccccc2c1)OC1CCCC1c1cccnc1. The summed E-state index contributed by atoms with van der Waals surface area (Å²) in [6, 6.07) is 14.1. The van der Waals surface area contributed by atoms with Crippen molar-refractivity contribution >= 4 is 16.9 Å². The zero-order valence-electron chi connectivity index (χ0n) is 14.7. The third-order valence-corrected chi connectivity index (χ3v) is 5.11. The lowest BCUT2D eigenvalue weighted by atomic mass is 9.97.